The van der Waals surface area contributed by atoms with Gasteiger partial charge in [0.1, 0.15) is 0 Å². The van der Waals surface area contributed by atoms with Crippen LogP contribution in [0.1, 0.15) is 29.5 Å². The zero-order valence-electron chi connectivity index (χ0n) is 24.8. The molecule has 1 N–H and O–H groups in total. The summed E-state index contributed by atoms with van der Waals surface area (Å²) in [6.07, 6.45) is 0. The summed E-state index contributed by atoms with van der Waals surface area (Å²) in [7, 11) is 3.29. The molecule has 11 nitrogen and oxygen atoms in total. The summed E-state index contributed by atoms with van der Waals surface area (Å²) in [5.74, 6) is 0.0509. The highest BCUT2D eigenvalue weighted by molar-refractivity contribution is 5.33. The van der Waals surface area contributed by atoms with Gasteiger partial charge in [-0.05, 0) is 16.7 Å². The van der Waals surface area contributed by atoms with Crippen LogP contribution < -0.4 is 0 Å². The Hall–Kier alpha value is -1.22. The summed E-state index contributed by atoms with van der Waals surface area (Å²) in [6.45, 7) is 11.4. The molecule has 0 aliphatic heterocycles. The number of methoxy groups -OCH3 is 2. The molecule has 1 atom stereocenters. The third kappa shape index (κ3) is 20.6. The highest BCUT2D eigenvalue weighted by Crippen LogP contribution is 2.21. The quantitative estimate of drug-likeness (QED) is 0.136. The summed E-state index contributed by atoms with van der Waals surface area (Å²) < 4.78 is 54.3. The second-order valence-corrected chi connectivity index (χ2v) is 8.88. The van der Waals surface area contributed by atoms with E-state index >= 15 is 0 Å². The average Bonchev–Trinajstić information content (AvgIpc) is 2.97. The van der Waals surface area contributed by atoms with Crippen molar-refractivity contribution >= 4 is 0 Å². The molecule has 1 rings (SSSR count). The molecule has 234 valence electrons. The van der Waals surface area contributed by atoms with E-state index in [4.69, 9.17) is 47.4 Å². The molecule has 0 bridgehead atoms. The van der Waals surface area contributed by atoms with E-state index in [0.29, 0.717) is 119 Å². The van der Waals surface area contributed by atoms with Crippen LogP contribution in [0.3, 0.4) is 0 Å². The molecule has 0 radical (unpaired) electrons. The fourth-order valence-electron chi connectivity index (χ4n) is 3.30. The van der Waals surface area contributed by atoms with Crippen molar-refractivity contribution in [1.29, 1.82) is 0 Å². The number of benzene rings is 1. The van der Waals surface area contributed by atoms with Gasteiger partial charge in [-0.2, -0.15) is 0 Å². The second-order valence-electron chi connectivity index (χ2n) is 8.88. The van der Waals surface area contributed by atoms with E-state index in [1.807, 2.05) is 19.1 Å². The predicted molar refractivity (Wildman–Crippen MR) is 150 cm³/mol. The summed E-state index contributed by atoms with van der Waals surface area (Å²) in [5, 5.41) is 9.55. The Labute approximate surface area is 240 Å². The smallest absolute Gasteiger partial charge is 0.0721 e. The third-order valence-electron chi connectivity index (χ3n) is 5.68. The van der Waals surface area contributed by atoms with Crippen molar-refractivity contribution in [2.75, 3.05) is 127 Å². The molecule has 11 heteroatoms. The highest BCUT2D eigenvalue weighted by Gasteiger charge is 2.10. The fraction of sp³-hybridized carbons (Fsp3) is 0.793. The zero-order chi connectivity index (χ0) is 28.9. The first kappa shape index (κ1) is 36.8. The molecule has 0 aliphatic rings. The highest BCUT2D eigenvalue weighted by atomic mass is 16.6. The van der Waals surface area contributed by atoms with Gasteiger partial charge in [0.2, 0.25) is 0 Å². The first-order valence-electron chi connectivity index (χ1n) is 14.0. The first-order chi connectivity index (χ1) is 19.7. The van der Waals surface area contributed by atoms with Crippen molar-refractivity contribution in [3.05, 3.63) is 34.9 Å². The SMILES string of the molecule is COCCOCCOCCOCCOCc1ccc(C(C)CO)cc1COCCOCCOCCOCCOC. The lowest BCUT2D eigenvalue weighted by Crippen LogP contribution is -2.13. The third-order valence-corrected chi connectivity index (χ3v) is 5.68. The molecule has 1 aromatic rings. The lowest BCUT2D eigenvalue weighted by molar-refractivity contribution is -0.0111. The van der Waals surface area contributed by atoms with Gasteiger partial charge < -0.3 is 52.5 Å². The summed E-state index contributed by atoms with van der Waals surface area (Å²) in [6, 6.07) is 6.15. The summed E-state index contributed by atoms with van der Waals surface area (Å²) >= 11 is 0. The van der Waals surface area contributed by atoms with Gasteiger partial charge in [0.05, 0.1) is 119 Å². The van der Waals surface area contributed by atoms with E-state index in [0.717, 1.165) is 16.7 Å². The second kappa shape index (κ2) is 27.9. The van der Waals surface area contributed by atoms with Crippen molar-refractivity contribution in [1.82, 2.24) is 0 Å². The molecule has 1 aromatic carbocycles. The minimum absolute atomic E-state index is 0.0509. The van der Waals surface area contributed by atoms with Gasteiger partial charge >= 0.3 is 0 Å². The number of aliphatic hydroxyl groups excluding tert-OH is 1. The van der Waals surface area contributed by atoms with Crippen molar-refractivity contribution in [2.45, 2.75) is 26.1 Å². The molecule has 0 heterocycles. The number of aliphatic hydroxyl groups is 1. The summed E-state index contributed by atoms with van der Waals surface area (Å²) in [5.41, 5.74) is 3.15. The molecule has 1 unspecified atom stereocenters. The minimum Gasteiger partial charge on any atom is -0.396 e. The standard InChI is InChI=1S/C29H52O11/c1-26(23-30)27-4-5-28(24-39-20-18-37-16-14-35-12-10-33-8-6-31-2)29(22-27)25-40-21-19-38-17-15-36-13-11-34-9-7-32-3/h4-5,22,26,30H,6-21,23-25H2,1-3H3. The van der Waals surface area contributed by atoms with Gasteiger partial charge in [-0.3, -0.25) is 0 Å². The largest absolute Gasteiger partial charge is 0.396 e. The zero-order valence-corrected chi connectivity index (χ0v) is 24.8. The first-order valence-corrected chi connectivity index (χ1v) is 14.0. The molecular weight excluding hydrogens is 524 g/mol. The lowest BCUT2D eigenvalue weighted by Gasteiger charge is -2.15. The van der Waals surface area contributed by atoms with Crippen molar-refractivity contribution in [2.24, 2.45) is 0 Å². The van der Waals surface area contributed by atoms with Crippen LogP contribution in [0.5, 0.6) is 0 Å². The van der Waals surface area contributed by atoms with Gasteiger partial charge in [0, 0.05) is 26.7 Å². The molecule has 0 saturated heterocycles. The Morgan fingerprint density at radius 2 is 0.850 bits per heavy atom. The number of ether oxygens (including phenoxy) is 10. The Kier molecular flexibility index (Phi) is 25.7. The van der Waals surface area contributed by atoms with Crippen LogP contribution in [0.2, 0.25) is 0 Å². The molecule has 40 heavy (non-hydrogen) atoms. The van der Waals surface area contributed by atoms with Gasteiger partial charge in [-0.25, -0.2) is 0 Å². The topological polar surface area (TPSA) is 113 Å². The van der Waals surface area contributed by atoms with E-state index in [-0.39, 0.29) is 12.5 Å². The Balaban J connectivity index is 2.19. The van der Waals surface area contributed by atoms with Crippen LogP contribution >= 0.6 is 0 Å². The molecule has 0 fully saturated rings. The van der Waals surface area contributed by atoms with Crippen LogP contribution in [0.25, 0.3) is 0 Å². The van der Waals surface area contributed by atoms with Crippen LogP contribution in [0, 0.1) is 0 Å². The average molecular weight is 577 g/mol. The van der Waals surface area contributed by atoms with E-state index in [1.165, 1.54) is 0 Å². The van der Waals surface area contributed by atoms with Crippen LogP contribution in [-0.2, 0) is 60.6 Å². The molecule has 0 saturated carbocycles. The van der Waals surface area contributed by atoms with Crippen LogP contribution in [-0.4, -0.2) is 132 Å². The van der Waals surface area contributed by atoms with E-state index in [2.05, 4.69) is 6.07 Å². The van der Waals surface area contributed by atoms with Gasteiger partial charge in [0.15, 0.2) is 0 Å². The van der Waals surface area contributed by atoms with Crippen molar-refractivity contribution in [3.63, 3.8) is 0 Å². The normalized spacial score (nSPS) is 12.3. The predicted octanol–water partition coefficient (Wildman–Crippen LogP) is 2.21. The van der Waals surface area contributed by atoms with Gasteiger partial charge in [-0.1, -0.05) is 25.1 Å². The summed E-state index contributed by atoms with van der Waals surface area (Å²) in [4.78, 5) is 0. The van der Waals surface area contributed by atoms with Crippen LogP contribution in [0.15, 0.2) is 18.2 Å². The number of rotatable bonds is 30. The van der Waals surface area contributed by atoms with Crippen molar-refractivity contribution < 1.29 is 52.5 Å². The maximum absolute atomic E-state index is 9.55. The Morgan fingerprint density at radius 3 is 1.23 bits per heavy atom. The van der Waals surface area contributed by atoms with E-state index < -0.39 is 0 Å². The molecule has 0 aromatic heterocycles. The Bertz CT molecular complexity index is 677. The molecule has 0 aliphatic carbocycles. The Morgan fingerprint density at radius 1 is 0.500 bits per heavy atom. The van der Waals surface area contributed by atoms with E-state index in [1.54, 1.807) is 14.2 Å². The molecule has 0 amide bonds. The van der Waals surface area contributed by atoms with E-state index in [9.17, 15) is 5.11 Å². The van der Waals surface area contributed by atoms with Gasteiger partial charge in [-0.15, -0.1) is 0 Å². The minimum atomic E-state index is 0.0509. The molecule has 0 spiro atoms. The monoisotopic (exact) mass is 576 g/mol. The lowest BCUT2D eigenvalue weighted by atomic mass is 9.97. The maximum Gasteiger partial charge on any atom is 0.0721 e. The number of hydrogen-bond donors (Lipinski definition) is 1. The van der Waals surface area contributed by atoms with Crippen LogP contribution in [0.4, 0.5) is 0 Å². The maximum atomic E-state index is 9.55. The van der Waals surface area contributed by atoms with Crippen molar-refractivity contribution in [3.8, 4) is 0 Å². The molecular formula is C29H52O11. The fourth-order valence-corrected chi connectivity index (χ4v) is 3.30. The van der Waals surface area contributed by atoms with Gasteiger partial charge in [0.25, 0.3) is 0 Å². The number of hydrogen-bond acceptors (Lipinski definition) is 11.